The van der Waals surface area contributed by atoms with Crippen LogP contribution in [0.4, 0.5) is 5.69 Å². The Labute approximate surface area is 117 Å². The highest BCUT2D eigenvalue weighted by molar-refractivity contribution is 7.99. The summed E-state index contributed by atoms with van der Waals surface area (Å²) >= 11 is 1.51. The predicted molar refractivity (Wildman–Crippen MR) is 78.7 cm³/mol. The lowest BCUT2D eigenvalue weighted by Crippen LogP contribution is -2.41. The van der Waals surface area contributed by atoms with Crippen LogP contribution >= 0.6 is 11.8 Å². The van der Waals surface area contributed by atoms with Crippen LogP contribution in [0.2, 0.25) is 0 Å². The highest BCUT2D eigenvalue weighted by Gasteiger charge is 2.18. The Bertz CT molecular complexity index is 436. The van der Waals surface area contributed by atoms with Gasteiger partial charge in [0, 0.05) is 28.6 Å². The summed E-state index contributed by atoms with van der Waals surface area (Å²) in [6.45, 7) is 1.88. The fourth-order valence-electron chi connectivity index (χ4n) is 1.69. The molecule has 0 aliphatic heterocycles. The van der Waals surface area contributed by atoms with Crippen LogP contribution in [0, 0.1) is 0 Å². The summed E-state index contributed by atoms with van der Waals surface area (Å²) in [5.41, 5.74) is 6.63. The Morgan fingerprint density at radius 1 is 1.53 bits per heavy atom. The molecule has 106 valence electrons. The molecule has 0 radical (unpaired) electrons. The molecule has 0 bridgehead atoms. The Morgan fingerprint density at radius 3 is 2.74 bits per heavy atom. The maximum absolute atomic E-state index is 12.1. The first-order chi connectivity index (χ1) is 9.01. The van der Waals surface area contributed by atoms with Crippen molar-refractivity contribution in [2.75, 3.05) is 25.7 Å². The number of thioether (sulfide) groups is 1. The Morgan fingerprint density at radius 2 is 2.21 bits per heavy atom. The van der Waals surface area contributed by atoms with Gasteiger partial charge in [-0.2, -0.15) is 11.8 Å². The fraction of sp³-hybridized carbons (Fsp3) is 0.462. The number of amides is 1. The van der Waals surface area contributed by atoms with Crippen LogP contribution in [-0.2, 0) is 0 Å². The van der Waals surface area contributed by atoms with E-state index in [1.807, 2.05) is 13.2 Å². The van der Waals surface area contributed by atoms with Gasteiger partial charge in [0.1, 0.15) is 5.75 Å². The third-order valence-electron chi connectivity index (χ3n) is 2.83. The second-order valence-electron chi connectivity index (χ2n) is 4.21. The number of nitrogen functional groups attached to an aromatic ring is 1. The molecular weight excluding hydrogens is 264 g/mol. The molecular formula is C13H20N2O3S. The number of hydrogen-bond donors (Lipinski definition) is 3. The van der Waals surface area contributed by atoms with Gasteiger partial charge in [-0.1, -0.05) is 0 Å². The minimum absolute atomic E-state index is 0.0167. The fourth-order valence-corrected chi connectivity index (χ4v) is 2.32. The van der Waals surface area contributed by atoms with E-state index in [0.717, 1.165) is 0 Å². The third kappa shape index (κ3) is 4.33. The first kappa shape index (κ1) is 15.7. The quantitative estimate of drug-likeness (QED) is 0.682. The van der Waals surface area contributed by atoms with Gasteiger partial charge in [0.15, 0.2) is 0 Å². The van der Waals surface area contributed by atoms with E-state index in [1.165, 1.54) is 18.9 Å². The molecule has 6 heteroatoms. The number of carbonyl (C=O) groups excluding carboxylic acids is 1. The van der Waals surface area contributed by atoms with Crippen molar-refractivity contribution in [3.05, 3.63) is 23.8 Å². The largest absolute Gasteiger partial charge is 0.497 e. The molecule has 0 aromatic heterocycles. The molecule has 4 N–H and O–H groups in total. The summed E-state index contributed by atoms with van der Waals surface area (Å²) in [6.07, 6.45) is 1.90. The number of nitrogens with two attached hydrogens (primary N) is 1. The monoisotopic (exact) mass is 284 g/mol. The van der Waals surface area contributed by atoms with Crippen LogP contribution in [0.25, 0.3) is 0 Å². The van der Waals surface area contributed by atoms with Crippen molar-refractivity contribution in [2.24, 2.45) is 0 Å². The van der Waals surface area contributed by atoms with Crippen molar-refractivity contribution in [2.45, 2.75) is 18.2 Å². The second kappa shape index (κ2) is 7.25. The number of anilines is 1. The van der Waals surface area contributed by atoms with Crippen LogP contribution in [-0.4, -0.2) is 42.3 Å². The van der Waals surface area contributed by atoms with Crippen LogP contribution in [0.1, 0.15) is 17.3 Å². The summed E-state index contributed by atoms with van der Waals surface area (Å²) in [7, 11) is 1.52. The van der Waals surface area contributed by atoms with E-state index in [4.69, 9.17) is 10.5 Å². The maximum atomic E-state index is 12.1. The number of rotatable bonds is 6. The van der Waals surface area contributed by atoms with Gasteiger partial charge in [0.2, 0.25) is 0 Å². The molecule has 0 saturated carbocycles. The molecule has 0 aliphatic rings. The number of ether oxygens (including phenoxy) is 1. The normalized spacial score (nSPS) is 13.7. The minimum atomic E-state index is -0.231. The van der Waals surface area contributed by atoms with Crippen LogP contribution in [0.3, 0.4) is 0 Å². The van der Waals surface area contributed by atoms with Crippen molar-refractivity contribution in [1.29, 1.82) is 0 Å². The van der Waals surface area contributed by atoms with E-state index in [1.54, 1.807) is 18.2 Å². The van der Waals surface area contributed by atoms with Gasteiger partial charge in [0.05, 0.1) is 13.7 Å². The highest BCUT2D eigenvalue weighted by atomic mass is 32.2. The molecule has 0 aliphatic carbocycles. The number of methoxy groups -OCH3 is 1. The summed E-state index contributed by atoms with van der Waals surface area (Å²) in [4.78, 5) is 12.1. The summed E-state index contributed by atoms with van der Waals surface area (Å²) in [5.74, 6) is 0.312. The van der Waals surface area contributed by atoms with Gasteiger partial charge in [0.25, 0.3) is 5.91 Å². The van der Waals surface area contributed by atoms with Crippen molar-refractivity contribution >= 4 is 23.4 Å². The summed E-state index contributed by atoms with van der Waals surface area (Å²) in [6, 6.07) is 4.74. The molecule has 1 aromatic rings. The molecule has 1 amide bonds. The Kier molecular flexibility index (Phi) is 5.98. The van der Waals surface area contributed by atoms with Gasteiger partial charge in [-0.15, -0.1) is 0 Å². The number of aliphatic hydroxyl groups excluding tert-OH is 1. The lowest BCUT2D eigenvalue weighted by atomic mass is 10.1. The molecule has 2 unspecified atom stereocenters. The van der Waals surface area contributed by atoms with E-state index in [-0.39, 0.29) is 23.8 Å². The van der Waals surface area contributed by atoms with Crippen molar-refractivity contribution in [3.8, 4) is 5.75 Å². The molecule has 1 aromatic carbocycles. The molecule has 0 saturated heterocycles. The second-order valence-corrected chi connectivity index (χ2v) is 5.29. The lowest BCUT2D eigenvalue weighted by Gasteiger charge is -2.21. The van der Waals surface area contributed by atoms with Gasteiger partial charge >= 0.3 is 0 Å². The Balaban J connectivity index is 2.80. The first-order valence-corrected chi connectivity index (χ1v) is 7.19. The van der Waals surface area contributed by atoms with Crippen LogP contribution < -0.4 is 15.8 Å². The van der Waals surface area contributed by atoms with Gasteiger partial charge in [-0.25, -0.2) is 0 Å². The van der Waals surface area contributed by atoms with Crippen LogP contribution in [0.15, 0.2) is 18.2 Å². The van der Waals surface area contributed by atoms with E-state index in [0.29, 0.717) is 17.0 Å². The number of nitrogens with one attached hydrogen (secondary N) is 1. The van der Waals surface area contributed by atoms with Gasteiger partial charge < -0.3 is 20.9 Å². The number of carbonyl (C=O) groups is 1. The molecule has 5 nitrogen and oxygen atoms in total. The zero-order chi connectivity index (χ0) is 14.4. The molecule has 2 atom stereocenters. The van der Waals surface area contributed by atoms with Gasteiger partial charge in [-0.05, 0) is 25.3 Å². The standard InChI is InChI=1S/C13H20N2O3S/c1-8(12(7-16)19-3)15-13(17)9-4-10(14)6-11(5-9)18-2/h4-6,8,12,16H,7,14H2,1-3H3,(H,15,17). The summed E-state index contributed by atoms with van der Waals surface area (Å²) < 4.78 is 5.08. The molecule has 0 spiro atoms. The first-order valence-electron chi connectivity index (χ1n) is 5.91. The van der Waals surface area contributed by atoms with Crippen molar-refractivity contribution in [1.82, 2.24) is 5.32 Å². The van der Waals surface area contributed by atoms with E-state index >= 15 is 0 Å². The van der Waals surface area contributed by atoms with Crippen molar-refractivity contribution < 1.29 is 14.6 Å². The topological polar surface area (TPSA) is 84.6 Å². The summed E-state index contributed by atoms with van der Waals surface area (Å²) in [5, 5.41) is 12.0. The number of hydrogen-bond acceptors (Lipinski definition) is 5. The SMILES string of the molecule is COc1cc(N)cc(C(=O)NC(C)C(CO)SC)c1. The average molecular weight is 284 g/mol. The number of aliphatic hydroxyl groups is 1. The zero-order valence-corrected chi connectivity index (χ0v) is 12.2. The highest BCUT2D eigenvalue weighted by Crippen LogP contribution is 2.19. The van der Waals surface area contributed by atoms with Crippen LogP contribution in [0.5, 0.6) is 5.75 Å². The van der Waals surface area contributed by atoms with E-state index in [2.05, 4.69) is 5.32 Å². The minimum Gasteiger partial charge on any atom is -0.497 e. The maximum Gasteiger partial charge on any atom is 0.251 e. The predicted octanol–water partition coefficient (Wildman–Crippen LogP) is 1.12. The Hall–Kier alpha value is -1.40. The smallest absolute Gasteiger partial charge is 0.251 e. The average Bonchev–Trinajstić information content (AvgIpc) is 2.39. The van der Waals surface area contributed by atoms with Gasteiger partial charge in [-0.3, -0.25) is 4.79 Å². The lowest BCUT2D eigenvalue weighted by molar-refractivity contribution is 0.0935. The third-order valence-corrected chi connectivity index (χ3v) is 3.99. The molecule has 1 rings (SSSR count). The molecule has 0 heterocycles. The zero-order valence-electron chi connectivity index (χ0n) is 11.3. The van der Waals surface area contributed by atoms with E-state index < -0.39 is 0 Å². The number of benzene rings is 1. The molecule has 0 fully saturated rings. The van der Waals surface area contributed by atoms with E-state index in [9.17, 15) is 9.90 Å². The van der Waals surface area contributed by atoms with Crippen molar-refractivity contribution in [3.63, 3.8) is 0 Å². The molecule has 19 heavy (non-hydrogen) atoms.